The minimum atomic E-state index is -0.971. The Hall–Kier alpha value is -3.38. The maximum Gasteiger partial charge on any atom is 0.225 e. The first-order valence-electron chi connectivity index (χ1n) is 8.64. The summed E-state index contributed by atoms with van der Waals surface area (Å²) < 4.78 is 32.8. The van der Waals surface area contributed by atoms with Crippen molar-refractivity contribution in [2.24, 2.45) is 0 Å². The van der Waals surface area contributed by atoms with Gasteiger partial charge < -0.3 is 4.42 Å². The van der Waals surface area contributed by atoms with E-state index in [-0.39, 0.29) is 6.42 Å². The highest BCUT2D eigenvalue weighted by Crippen LogP contribution is 2.32. The molecule has 0 saturated carbocycles. The second-order valence-corrected chi connectivity index (χ2v) is 6.71. The molecule has 0 atom stereocenters. The van der Waals surface area contributed by atoms with E-state index < -0.39 is 23.0 Å². The van der Waals surface area contributed by atoms with Gasteiger partial charge in [0.15, 0.2) is 17.4 Å². The average molecular weight is 411 g/mol. The van der Waals surface area contributed by atoms with Gasteiger partial charge in [0, 0.05) is 22.6 Å². The summed E-state index contributed by atoms with van der Waals surface area (Å²) in [5.74, 6) is -2.12. The van der Waals surface area contributed by atoms with E-state index in [1.165, 1.54) is 6.26 Å². The fourth-order valence-electron chi connectivity index (χ4n) is 3.00. The largest absolute Gasteiger partial charge is 0.445 e. The number of pyridine rings is 1. The first-order valence-corrected chi connectivity index (χ1v) is 9.01. The van der Waals surface area contributed by atoms with Gasteiger partial charge in [0.05, 0.1) is 24.2 Å². The lowest BCUT2D eigenvalue weighted by Gasteiger charge is -2.08. The molecule has 0 aliphatic carbocycles. The highest BCUT2D eigenvalue weighted by atomic mass is 35.5. The summed E-state index contributed by atoms with van der Waals surface area (Å²) in [4.78, 5) is 19.8. The van der Waals surface area contributed by atoms with Crippen LogP contribution in [0.2, 0.25) is 5.02 Å². The summed E-state index contributed by atoms with van der Waals surface area (Å²) in [6.07, 6.45) is 4.56. The van der Waals surface area contributed by atoms with Crippen LogP contribution in [0.4, 0.5) is 8.78 Å². The van der Waals surface area contributed by atoms with Gasteiger partial charge in [0.1, 0.15) is 6.26 Å². The zero-order valence-electron chi connectivity index (χ0n) is 14.9. The molecule has 0 unspecified atom stereocenters. The Morgan fingerprint density at radius 3 is 2.34 bits per heavy atom. The van der Waals surface area contributed by atoms with Gasteiger partial charge >= 0.3 is 0 Å². The molecule has 2 heterocycles. The summed E-state index contributed by atoms with van der Waals surface area (Å²) in [6, 6.07) is 12.4. The number of benzene rings is 2. The van der Waals surface area contributed by atoms with Crippen LogP contribution in [0.3, 0.4) is 0 Å². The fraction of sp³-hybridized carbons (Fsp3) is 0.0455. The van der Waals surface area contributed by atoms with Crippen LogP contribution in [0.5, 0.6) is 0 Å². The van der Waals surface area contributed by atoms with Gasteiger partial charge in [-0.15, -0.1) is 0 Å². The predicted molar refractivity (Wildman–Crippen MR) is 105 cm³/mol. The van der Waals surface area contributed by atoms with E-state index in [4.69, 9.17) is 16.0 Å². The number of rotatable bonds is 5. The van der Waals surface area contributed by atoms with Crippen molar-refractivity contribution >= 4 is 17.4 Å². The lowest BCUT2D eigenvalue weighted by molar-refractivity contribution is 0.0984. The quantitative estimate of drug-likeness (QED) is 0.392. The molecule has 0 bridgehead atoms. The third kappa shape index (κ3) is 3.93. The third-order valence-electron chi connectivity index (χ3n) is 4.41. The van der Waals surface area contributed by atoms with Crippen molar-refractivity contribution in [2.45, 2.75) is 6.42 Å². The van der Waals surface area contributed by atoms with Crippen molar-refractivity contribution in [3.8, 4) is 22.6 Å². The Balaban J connectivity index is 1.59. The Labute approximate surface area is 169 Å². The minimum absolute atomic E-state index is 0.137. The number of nitrogens with zero attached hydrogens (tertiary/aromatic N) is 2. The number of aromatic nitrogens is 2. The molecule has 4 aromatic rings. The van der Waals surface area contributed by atoms with Crippen LogP contribution in [0.1, 0.15) is 15.9 Å². The van der Waals surface area contributed by atoms with Gasteiger partial charge in [0.2, 0.25) is 5.89 Å². The topological polar surface area (TPSA) is 56.0 Å². The van der Waals surface area contributed by atoms with Crippen LogP contribution in [0, 0.1) is 11.6 Å². The molecule has 7 heteroatoms. The summed E-state index contributed by atoms with van der Waals surface area (Å²) >= 11 is 6.34. The Kier molecular flexibility index (Phi) is 5.18. The van der Waals surface area contributed by atoms with Crippen molar-refractivity contribution < 1.29 is 18.0 Å². The molecule has 4 nitrogen and oxygen atoms in total. The van der Waals surface area contributed by atoms with Crippen molar-refractivity contribution in [3.05, 3.63) is 95.1 Å². The van der Waals surface area contributed by atoms with Crippen LogP contribution in [-0.2, 0) is 6.42 Å². The Morgan fingerprint density at radius 2 is 1.69 bits per heavy atom. The molecule has 0 fully saturated rings. The van der Waals surface area contributed by atoms with Gasteiger partial charge in [-0.3, -0.25) is 9.78 Å². The van der Waals surface area contributed by atoms with E-state index in [0.717, 1.165) is 29.1 Å². The standard InChI is InChI=1S/C22H13ClF2N2O2/c23-17-6-5-15(22-27-7-8-29-22)10-16(17)14-3-1-13(2-4-14)9-20(28)21-18(24)11-26-12-19(21)25/h1-8,10-12H,9H2. The van der Waals surface area contributed by atoms with Crippen LogP contribution >= 0.6 is 11.6 Å². The molecular weight excluding hydrogens is 398 g/mol. The Morgan fingerprint density at radius 1 is 1.00 bits per heavy atom. The number of ketones is 1. The fourth-order valence-corrected chi connectivity index (χ4v) is 3.23. The summed E-state index contributed by atoms with van der Waals surface area (Å²) in [7, 11) is 0. The molecule has 144 valence electrons. The highest BCUT2D eigenvalue weighted by Gasteiger charge is 2.18. The summed E-state index contributed by atoms with van der Waals surface area (Å²) in [5, 5.41) is 0.546. The normalized spacial score (nSPS) is 10.9. The van der Waals surface area contributed by atoms with Gasteiger partial charge in [-0.05, 0) is 29.3 Å². The molecule has 0 aliphatic rings. The number of hydrogen-bond acceptors (Lipinski definition) is 4. The second-order valence-electron chi connectivity index (χ2n) is 6.31. The Bertz CT molecular complexity index is 1160. The molecule has 0 radical (unpaired) electrons. The molecule has 0 spiro atoms. The summed E-state index contributed by atoms with van der Waals surface area (Å²) in [6.45, 7) is 0. The average Bonchev–Trinajstić information content (AvgIpc) is 3.24. The zero-order chi connectivity index (χ0) is 20.4. The molecular formula is C22H13ClF2N2O2. The van der Waals surface area contributed by atoms with Crippen LogP contribution in [-0.4, -0.2) is 15.8 Å². The maximum absolute atomic E-state index is 13.7. The molecule has 2 aromatic heterocycles. The van der Waals surface area contributed by atoms with Gasteiger partial charge in [-0.1, -0.05) is 35.9 Å². The molecule has 2 aromatic carbocycles. The summed E-state index contributed by atoms with van der Waals surface area (Å²) in [5.41, 5.74) is 2.41. The predicted octanol–water partition coefficient (Wildman–Crippen LogP) is 5.76. The SMILES string of the molecule is O=C(Cc1ccc(-c2cc(-c3ncco3)ccc2Cl)cc1)c1c(F)cncc1F. The lowest BCUT2D eigenvalue weighted by atomic mass is 9.98. The van der Waals surface area contributed by atoms with E-state index in [9.17, 15) is 13.6 Å². The third-order valence-corrected chi connectivity index (χ3v) is 4.74. The monoisotopic (exact) mass is 410 g/mol. The highest BCUT2D eigenvalue weighted by molar-refractivity contribution is 6.33. The van der Waals surface area contributed by atoms with Crippen LogP contribution in [0.25, 0.3) is 22.6 Å². The number of oxazole rings is 1. The van der Waals surface area contributed by atoms with Crippen LogP contribution in [0.15, 0.2) is 71.7 Å². The van der Waals surface area contributed by atoms with Crippen molar-refractivity contribution in [2.75, 3.05) is 0 Å². The molecule has 29 heavy (non-hydrogen) atoms. The number of halogens is 3. The number of Topliss-reactive ketones (excluding diaryl/α,β-unsaturated/α-hetero) is 1. The molecule has 0 N–H and O–H groups in total. The van der Waals surface area contributed by atoms with E-state index >= 15 is 0 Å². The van der Waals surface area contributed by atoms with E-state index in [1.807, 2.05) is 12.1 Å². The first kappa shape index (κ1) is 19.0. The number of carbonyl (C=O) groups excluding carboxylic acids is 1. The first-order chi connectivity index (χ1) is 14.0. The molecule has 0 amide bonds. The number of hydrogen-bond donors (Lipinski definition) is 0. The molecule has 4 rings (SSSR count). The lowest BCUT2D eigenvalue weighted by Crippen LogP contribution is -2.09. The van der Waals surface area contributed by atoms with Gasteiger partial charge in [-0.2, -0.15) is 0 Å². The smallest absolute Gasteiger partial charge is 0.225 e. The number of carbonyl (C=O) groups is 1. The zero-order valence-corrected chi connectivity index (χ0v) is 15.7. The maximum atomic E-state index is 13.7. The van der Waals surface area contributed by atoms with Gasteiger partial charge in [-0.25, -0.2) is 13.8 Å². The minimum Gasteiger partial charge on any atom is -0.445 e. The van der Waals surface area contributed by atoms with Crippen LogP contribution < -0.4 is 0 Å². The van der Waals surface area contributed by atoms with Crippen molar-refractivity contribution in [1.82, 2.24) is 9.97 Å². The van der Waals surface area contributed by atoms with E-state index in [1.54, 1.807) is 36.5 Å². The van der Waals surface area contributed by atoms with E-state index in [2.05, 4.69) is 9.97 Å². The molecule has 0 aliphatic heterocycles. The van der Waals surface area contributed by atoms with E-state index in [0.29, 0.717) is 16.5 Å². The second kappa shape index (κ2) is 7.93. The van der Waals surface area contributed by atoms with Gasteiger partial charge in [0.25, 0.3) is 0 Å². The molecule has 0 saturated heterocycles. The van der Waals surface area contributed by atoms with Crippen molar-refractivity contribution in [3.63, 3.8) is 0 Å². The van der Waals surface area contributed by atoms with Crippen molar-refractivity contribution in [1.29, 1.82) is 0 Å².